The first-order chi connectivity index (χ1) is 8.37. The number of benzene rings is 1. The van der Waals surface area contributed by atoms with Crippen molar-refractivity contribution in [1.29, 1.82) is 0 Å². The van der Waals surface area contributed by atoms with Crippen molar-refractivity contribution in [2.45, 2.75) is 32.3 Å². The first-order valence-electron chi connectivity index (χ1n) is 5.76. The molecular weight excluding hydrogens is 256 g/mol. The average molecular weight is 273 g/mol. The summed E-state index contributed by atoms with van der Waals surface area (Å²) in [5.74, 6) is 0. The van der Waals surface area contributed by atoms with Crippen LogP contribution in [-0.2, 0) is 0 Å². The monoisotopic (exact) mass is 272 g/mol. The van der Waals surface area contributed by atoms with E-state index in [-0.39, 0.29) is 22.9 Å². The summed E-state index contributed by atoms with van der Waals surface area (Å²) in [6, 6.07) is 4.48. The Morgan fingerprint density at radius 1 is 1.56 bits per heavy atom. The molecule has 1 atom stereocenters. The van der Waals surface area contributed by atoms with Gasteiger partial charge in [-0.1, -0.05) is 31.0 Å². The van der Waals surface area contributed by atoms with Gasteiger partial charge in [-0.3, -0.25) is 10.1 Å². The summed E-state index contributed by atoms with van der Waals surface area (Å²) < 4.78 is 0. The first kappa shape index (κ1) is 14.7. The van der Waals surface area contributed by atoms with E-state index in [2.05, 4.69) is 5.32 Å². The van der Waals surface area contributed by atoms with Gasteiger partial charge in [-0.25, -0.2) is 0 Å². The van der Waals surface area contributed by atoms with Crippen molar-refractivity contribution >= 4 is 23.0 Å². The number of halogens is 1. The van der Waals surface area contributed by atoms with Gasteiger partial charge in [0, 0.05) is 12.6 Å². The molecule has 5 nitrogen and oxygen atoms in total. The van der Waals surface area contributed by atoms with Crippen LogP contribution in [0.2, 0.25) is 5.02 Å². The van der Waals surface area contributed by atoms with Crippen LogP contribution in [-0.4, -0.2) is 22.2 Å². The lowest BCUT2D eigenvalue weighted by molar-refractivity contribution is -0.384. The van der Waals surface area contributed by atoms with Crippen molar-refractivity contribution in [1.82, 2.24) is 0 Å². The number of nitro groups is 1. The summed E-state index contributed by atoms with van der Waals surface area (Å²) in [5.41, 5.74) is -0.753. The Morgan fingerprint density at radius 3 is 2.78 bits per heavy atom. The molecule has 1 aromatic rings. The average Bonchev–Trinajstić information content (AvgIpc) is 2.26. The number of hydrogen-bond donors (Lipinski definition) is 2. The van der Waals surface area contributed by atoms with Crippen LogP contribution in [0.1, 0.15) is 26.7 Å². The molecule has 0 radical (unpaired) electrons. The molecule has 6 heteroatoms. The Balaban J connectivity index is 2.87. The number of nitrogens with zero attached hydrogens (tertiary/aromatic N) is 1. The molecule has 1 unspecified atom stereocenters. The summed E-state index contributed by atoms with van der Waals surface area (Å²) in [4.78, 5) is 10.4. The number of para-hydroxylation sites is 1. The minimum absolute atomic E-state index is 0.0881. The number of nitro benzene ring substituents is 1. The summed E-state index contributed by atoms with van der Waals surface area (Å²) in [6.07, 6.45) is 1.44. The second-order valence-electron chi connectivity index (χ2n) is 4.49. The van der Waals surface area contributed by atoms with Gasteiger partial charge in [0.05, 0.1) is 15.5 Å². The summed E-state index contributed by atoms with van der Waals surface area (Å²) >= 11 is 5.93. The molecule has 0 aliphatic carbocycles. The Bertz CT molecular complexity index is 435. The molecule has 0 fully saturated rings. The maximum absolute atomic E-state index is 10.9. The lowest BCUT2D eigenvalue weighted by atomic mass is 10.0. The van der Waals surface area contributed by atoms with E-state index in [0.717, 1.165) is 6.42 Å². The molecule has 0 aliphatic heterocycles. The summed E-state index contributed by atoms with van der Waals surface area (Å²) in [7, 11) is 0. The fraction of sp³-hybridized carbons (Fsp3) is 0.500. The van der Waals surface area contributed by atoms with E-state index >= 15 is 0 Å². The van der Waals surface area contributed by atoms with Gasteiger partial charge in [-0.2, -0.15) is 0 Å². The fourth-order valence-electron chi connectivity index (χ4n) is 1.75. The number of anilines is 1. The molecule has 0 spiro atoms. The summed E-state index contributed by atoms with van der Waals surface area (Å²) in [6.45, 7) is 3.87. The van der Waals surface area contributed by atoms with Gasteiger partial charge in [0.2, 0.25) is 0 Å². The van der Waals surface area contributed by atoms with Crippen LogP contribution in [0.25, 0.3) is 0 Å². The molecule has 18 heavy (non-hydrogen) atoms. The molecule has 0 amide bonds. The Morgan fingerprint density at radius 2 is 2.22 bits per heavy atom. The number of rotatable bonds is 6. The van der Waals surface area contributed by atoms with E-state index in [1.54, 1.807) is 13.0 Å². The Labute approximate surface area is 111 Å². The van der Waals surface area contributed by atoms with Crippen LogP contribution in [0.3, 0.4) is 0 Å². The highest BCUT2D eigenvalue weighted by Crippen LogP contribution is 2.32. The SMILES string of the molecule is CCCC(C)(O)CNc1c(Cl)cccc1[N+](=O)[O-]. The lowest BCUT2D eigenvalue weighted by Crippen LogP contribution is -2.33. The van der Waals surface area contributed by atoms with Gasteiger partial charge < -0.3 is 10.4 Å². The fourth-order valence-corrected chi connectivity index (χ4v) is 1.98. The van der Waals surface area contributed by atoms with Gasteiger partial charge >= 0.3 is 0 Å². The predicted molar refractivity (Wildman–Crippen MR) is 72.1 cm³/mol. The van der Waals surface area contributed by atoms with Crippen molar-refractivity contribution in [2.24, 2.45) is 0 Å². The highest BCUT2D eigenvalue weighted by Gasteiger charge is 2.22. The van der Waals surface area contributed by atoms with Crippen molar-refractivity contribution in [3.8, 4) is 0 Å². The molecule has 0 saturated carbocycles. The van der Waals surface area contributed by atoms with Gasteiger partial charge in [0.15, 0.2) is 0 Å². The molecule has 0 saturated heterocycles. The Kier molecular flexibility index (Phi) is 4.93. The van der Waals surface area contributed by atoms with Crippen LogP contribution in [0, 0.1) is 10.1 Å². The normalized spacial score (nSPS) is 14.0. The van der Waals surface area contributed by atoms with Gasteiger partial charge in [-0.15, -0.1) is 0 Å². The highest BCUT2D eigenvalue weighted by atomic mass is 35.5. The van der Waals surface area contributed by atoms with Crippen LogP contribution in [0.15, 0.2) is 18.2 Å². The molecule has 100 valence electrons. The lowest BCUT2D eigenvalue weighted by Gasteiger charge is -2.23. The van der Waals surface area contributed by atoms with Crippen molar-refractivity contribution < 1.29 is 10.0 Å². The smallest absolute Gasteiger partial charge is 0.293 e. The molecule has 0 aromatic heterocycles. The molecular formula is C12H17ClN2O3. The molecule has 2 N–H and O–H groups in total. The third-order valence-corrected chi connectivity index (χ3v) is 2.94. The van der Waals surface area contributed by atoms with E-state index in [1.807, 2.05) is 6.92 Å². The first-order valence-corrected chi connectivity index (χ1v) is 6.14. The van der Waals surface area contributed by atoms with Crippen LogP contribution in [0.5, 0.6) is 0 Å². The van der Waals surface area contributed by atoms with E-state index in [9.17, 15) is 15.2 Å². The maximum Gasteiger partial charge on any atom is 0.293 e. The third kappa shape index (κ3) is 3.85. The quantitative estimate of drug-likeness (QED) is 0.616. The molecule has 1 rings (SSSR count). The molecule has 0 aliphatic rings. The van der Waals surface area contributed by atoms with Crippen LogP contribution < -0.4 is 5.32 Å². The predicted octanol–water partition coefficient (Wildman–Crippen LogP) is 3.21. The van der Waals surface area contributed by atoms with E-state index in [1.165, 1.54) is 12.1 Å². The summed E-state index contributed by atoms with van der Waals surface area (Å²) in [5, 5.41) is 24.0. The number of aliphatic hydroxyl groups is 1. The largest absolute Gasteiger partial charge is 0.388 e. The Hall–Kier alpha value is -1.33. The van der Waals surface area contributed by atoms with Crippen molar-refractivity contribution in [2.75, 3.05) is 11.9 Å². The van der Waals surface area contributed by atoms with E-state index in [4.69, 9.17) is 11.6 Å². The van der Waals surface area contributed by atoms with E-state index in [0.29, 0.717) is 6.42 Å². The molecule has 0 heterocycles. The minimum atomic E-state index is -0.915. The van der Waals surface area contributed by atoms with Gasteiger partial charge in [-0.05, 0) is 19.4 Å². The molecule has 1 aromatic carbocycles. The minimum Gasteiger partial charge on any atom is -0.388 e. The molecule has 0 bridgehead atoms. The number of hydrogen-bond acceptors (Lipinski definition) is 4. The van der Waals surface area contributed by atoms with Crippen molar-refractivity contribution in [3.63, 3.8) is 0 Å². The second-order valence-corrected chi connectivity index (χ2v) is 4.90. The van der Waals surface area contributed by atoms with Crippen molar-refractivity contribution in [3.05, 3.63) is 33.3 Å². The zero-order chi connectivity index (χ0) is 13.8. The zero-order valence-corrected chi connectivity index (χ0v) is 11.2. The van der Waals surface area contributed by atoms with Crippen LogP contribution >= 0.6 is 11.6 Å². The van der Waals surface area contributed by atoms with Crippen LogP contribution in [0.4, 0.5) is 11.4 Å². The second kappa shape index (κ2) is 6.02. The standard InChI is InChI=1S/C12H17ClN2O3/c1-3-7-12(2,16)8-14-11-9(13)5-4-6-10(11)15(17)18/h4-6,14,16H,3,7-8H2,1-2H3. The topological polar surface area (TPSA) is 75.4 Å². The van der Waals surface area contributed by atoms with Gasteiger partial charge in [0.1, 0.15) is 5.69 Å². The maximum atomic E-state index is 10.9. The van der Waals surface area contributed by atoms with E-state index < -0.39 is 10.5 Å². The highest BCUT2D eigenvalue weighted by molar-refractivity contribution is 6.33. The zero-order valence-electron chi connectivity index (χ0n) is 10.4. The third-order valence-electron chi connectivity index (χ3n) is 2.62. The number of nitrogens with one attached hydrogen (secondary N) is 1. The van der Waals surface area contributed by atoms with Gasteiger partial charge in [0.25, 0.3) is 5.69 Å².